The summed E-state index contributed by atoms with van der Waals surface area (Å²) in [4.78, 5) is 1.74. The Hall–Kier alpha value is -0.710. The van der Waals surface area contributed by atoms with E-state index in [1.165, 1.54) is 6.92 Å². The summed E-state index contributed by atoms with van der Waals surface area (Å²) in [7, 11) is 3.67. The molecule has 0 heterocycles. The highest BCUT2D eigenvalue weighted by molar-refractivity contribution is 7.80. The smallest absolute Gasteiger partial charge is 0.269 e. The molecule has 0 bridgehead atoms. The Morgan fingerprint density at radius 1 is 1.12 bits per heavy atom. The van der Waals surface area contributed by atoms with Gasteiger partial charge in [0.2, 0.25) is 0 Å². The van der Waals surface area contributed by atoms with Crippen LogP contribution in [0.4, 0.5) is 8.78 Å². The molecule has 0 fully saturated rings. The van der Waals surface area contributed by atoms with Gasteiger partial charge in [-0.05, 0) is 44.0 Å². The first-order valence-electron chi connectivity index (χ1n) is 5.80. The van der Waals surface area contributed by atoms with E-state index in [4.69, 9.17) is 17.0 Å². The Bertz CT molecular complexity index is 263. The average molecular weight is 265 g/mol. The Kier molecular flexibility index (Phi) is 8.94. The van der Waals surface area contributed by atoms with E-state index < -0.39 is 6.08 Å². The Morgan fingerprint density at radius 2 is 1.71 bits per heavy atom. The van der Waals surface area contributed by atoms with Crippen LogP contribution in [0.1, 0.15) is 39.0 Å². The molecule has 0 aliphatic carbocycles. The predicted octanol–water partition coefficient (Wildman–Crippen LogP) is 3.97. The predicted molar refractivity (Wildman–Crippen MR) is 70.2 cm³/mol. The summed E-state index contributed by atoms with van der Waals surface area (Å²) in [6.07, 6.45) is 2.60. The topological polar surface area (TPSA) is 12.5 Å². The molecule has 17 heavy (non-hydrogen) atoms. The molecule has 0 atom stereocenters. The molecule has 5 heteroatoms. The van der Waals surface area contributed by atoms with Gasteiger partial charge in [0.05, 0.1) is 6.61 Å². The number of ether oxygens (including phenoxy) is 1. The van der Waals surface area contributed by atoms with Crippen LogP contribution in [-0.4, -0.2) is 30.8 Å². The van der Waals surface area contributed by atoms with Gasteiger partial charge >= 0.3 is 0 Å². The van der Waals surface area contributed by atoms with Crippen LogP contribution in [0.25, 0.3) is 0 Å². The molecule has 0 rings (SSSR count). The first kappa shape index (κ1) is 16.3. The van der Waals surface area contributed by atoms with Crippen molar-refractivity contribution in [2.75, 3.05) is 20.7 Å². The van der Waals surface area contributed by atoms with Crippen LogP contribution in [0.3, 0.4) is 0 Å². The molecule has 0 aliphatic heterocycles. The van der Waals surface area contributed by atoms with E-state index >= 15 is 0 Å². The molecule has 0 N–H and O–H groups in total. The molecule has 0 aromatic carbocycles. The maximum Gasteiger partial charge on any atom is 0.269 e. The zero-order valence-corrected chi connectivity index (χ0v) is 11.6. The van der Waals surface area contributed by atoms with Crippen molar-refractivity contribution in [2.24, 2.45) is 0 Å². The lowest BCUT2D eigenvalue weighted by molar-refractivity contribution is 0.260. The highest BCUT2D eigenvalue weighted by Crippen LogP contribution is 2.15. The zero-order valence-electron chi connectivity index (χ0n) is 10.8. The molecule has 0 amide bonds. The second-order valence-electron chi connectivity index (χ2n) is 4.21. The van der Waals surface area contributed by atoms with Crippen molar-refractivity contribution in [1.82, 2.24) is 4.90 Å². The van der Waals surface area contributed by atoms with Gasteiger partial charge in [0.1, 0.15) is 0 Å². The minimum atomic E-state index is -1.54. The van der Waals surface area contributed by atoms with Gasteiger partial charge in [-0.15, -0.1) is 0 Å². The van der Waals surface area contributed by atoms with Crippen LogP contribution in [0.15, 0.2) is 11.7 Å². The largest absolute Gasteiger partial charge is 0.471 e. The summed E-state index contributed by atoms with van der Waals surface area (Å²) in [5.74, 6) is 0. The van der Waals surface area contributed by atoms with Crippen molar-refractivity contribution in [3.63, 3.8) is 0 Å². The van der Waals surface area contributed by atoms with Crippen molar-refractivity contribution in [3.05, 3.63) is 11.7 Å². The molecular formula is C12H21F2NOS. The van der Waals surface area contributed by atoms with Crippen LogP contribution in [-0.2, 0) is 4.74 Å². The standard InChI is InChI=1S/C12H21F2NOS/c1-10(11(13)14)8-6-4-5-7-9-16-12(17)15(2)3/h4-9H2,1-3H3. The fourth-order valence-electron chi connectivity index (χ4n) is 1.23. The number of hydrogen-bond acceptors (Lipinski definition) is 2. The summed E-state index contributed by atoms with van der Waals surface area (Å²) in [6.45, 7) is 2.08. The third-order valence-corrected chi connectivity index (χ3v) is 2.84. The number of nitrogens with zero attached hydrogens (tertiary/aromatic N) is 1. The van der Waals surface area contributed by atoms with E-state index in [0.29, 0.717) is 18.2 Å². The quantitative estimate of drug-likeness (QED) is 0.510. The molecule has 2 nitrogen and oxygen atoms in total. The maximum absolute atomic E-state index is 12.1. The normalized spacial score (nSPS) is 9.94. The molecule has 0 saturated carbocycles. The van der Waals surface area contributed by atoms with Crippen molar-refractivity contribution in [3.8, 4) is 0 Å². The molecule has 0 aromatic heterocycles. The SMILES string of the molecule is CC(CCCCCCOC(=S)N(C)C)=C(F)F. The van der Waals surface area contributed by atoms with Crippen molar-refractivity contribution in [1.29, 1.82) is 0 Å². The molecule has 100 valence electrons. The first-order valence-corrected chi connectivity index (χ1v) is 6.20. The zero-order chi connectivity index (χ0) is 13.3. The summed E-state index contributed by atoms with van der Waals surface area (Å²) in [5, 5.41) is 0.489. The fraction of sp³-hybridized carbons (Fsp3) is 0.750. The number of hydrogen-bond donors (Lipinski definition) is 0. The van der Waals surface area contributed by atoms with E-state index in [9.17, 15) is 8.78 Å². The number of allylic oxidation sites excluding steroid dienone is 1. The number of rotatable bonds is 7. The van der Waals surface area contributed by atoms with E-state index in [2.05, 4.69) is 0 Å². The summed E-state index contributed by atoms with van der Waals surface area (Å²) in [6, 6.07) is 0. The van der Waals surface area contributed by atoms with Crippen molar-refractivity contribution >= 4 is 17.4 Å². The second kappa shape index (κ2) is 9.33. The van der Waals surface area contributed by atoms with E-state index in [0.717, 1.165) is 25.7 Å². The van der Waals surface area contributed by atoms with Gasteiger partial charge in [0.25, 0.3) is 11.3 Å². The van der Waals surface area contributed by atoms with Crippen LogP contribution in [0.5, 0.6) is 0 Å². The Morgan fingerprint density at radius 3 is 2.24 bits per heavy atom. The lowest BCUT2D eigenvalue weighted by Gasteiger charge is -2.14. The lowest BCUT2D eigenvalue weighted by atomic mass is 10.1. The van der Waals surface area contributed by atoms with Gasteiger partial charge in [-0.25, -0.2) is 0 Å². The van der Waals surface area contributed by atoms with Gasteiger partial charge in [0.15, 0.2) is 0 Å². The summed E-state index contributed by atoms with van der Waals surface area (Å²) >= 11 is 4.96. The number of thiocarbonyl (C=S) groups is 1. The lowest BCUT2D eigenvalue weighted by Crippen LogP contribution is -2.22. The third kappa shape index (κ3) is 9.03. The average Bonchev–Trinajstić information content (AvgIpc) is 2.26. The number of halogens is 2. The van der Waals surface area contributed by atoms with Crippen LogP contribution >= 0.6 is 12.2 Å². The highest BCUT2D eigenvalue weighted by Gasteiger charge is 2.01. The second-order valence-corrected chi connectivity index (χ2v) is 4.56. The summed E-state index contributed by atoms with van der Waals surface area (Å²) < 4.78 is 29.4. The van der Waals surface area contributed by atoms with Gasteiger partial charge in [-0.3, -0.25) is 0 Å². The fourth-order valence-corrected chi connectivity index (χ4v) is 1.31. The first-order chi connectivity index (χ1) is 7.95. The van der Waals surface area contributed by atoms with E-state index in [1.54, 1.807) is 4.90 Å². The van der Waals surface area contributed by atoms with E-state index in [1.807, 2.05) is 14.1 Å². The monoisotopic (exact) mass is 265 g/mol. The van der Waals surface area contributed by atoms with Gasteiger partial charge < -0.3 is 9.64 Å². The third-order valence-electron chi connectivity index (χ3n) is 2.36. The molecule has 0 radical (unpaired) electrons. The Labute approximate surface area is 108 Å². The van der Waals surface area contributed by atoms with Gasteiger partial charge in [-0.2, -0.15) is 8.78 Å². The highest BCUT2D eigenvalue weighted by atomic mass is 32.1. The maximum atomic E-state index is 12.1. The molecule has 0 spiro atoms. The molecule has 0 unspecified atom stereocenters. The van der Waals surface area contributed by atoms with Gasteiger partial charge in [0, 0.05) is 14.1 Å². The minimum Gasteiger partial charge on any atom is -0.471 e. The Balaban J connectivity index is 3.37. The summed E-state index contributed by atoms with van der Waals surface area (Å²) in [5.41, 5.74) is 0.204. The van der Waals surface area contributed by atoms with Crippen LogP contribution < -0.4 is 0 Å². The van der Waals surface area contributed by atoms with Crippen LogP contribution in [0, 0.1) is 0 Å². The van der Waals surface area contributed by atoms with Gasteiger partial charge in [-0.1, -0.05) is 12.8 Å². The molecule has 0 aromatic rings. The minimum absolute atomic E-state index is 0.204. The molecular weight excluding hydrogens is 244 g/mol. The number of unbranched alkanes of at least 4 members (excludes halogenated alkanes) is 3. The molecule has 0 aliphatic rings. The van der Waals surface area contributed by atoms with Crippen LogP contribution in [0.2, 0.25) is 0 Å². The van der Waals surface area contributed by atoms with E-state index in [-0.39, 0.29) is 5.57 Å². The van der Waals surface area contributed by atoms with Crippen molar-refractivity contribution < 1.29 is 13.5 Å². The van der Waals surface area contributed by atoms with Crippen molar-refractivity contribution in [2.45, 2.75) is 39.0 Å². The molecule has 0 saturated heterocycles.